The molecule has 0 amide bonds. The lowest BCUT2D eigenvalue weighted by Gasteiger charge is -2.11. The molecule has 1 heterocycles. The zero-order valence-corrected chi connectivity index (χ0v) is 13.8. The molecule has 7 heteroatoms. The van der Waals surface area contributed by atoms with E-state index in [9.17, 15) is 14.0 Å². The first-order valence-corrected chi connectivity index (χ1v) is 7.66. The topological polar surface area (TPSA) is 61.2 Å². The second-order valence-electron chi connectivity index (χ2n) is 5.23. The van der Waals surface area contributed by atoms with Gasteiger partial charge in [0.25, 0.3) is 0 Å². The van der Waals surface area contributed by atoms with Gasteiger partial charge in [0.2, 0.25) is 11.1 Å². The van der Waals surface area contributed by atoms with Crippen LogP contribution in [-0.2, 0) is 0 Å². The fourth-order valence-corrected chi connectivity index (χ4v) is 2.34. The van der Waals surface area contributed by atoms with E-state index in [1.54, 1.807) is 31.2 Å². The van der Waals surface area contributed by atoms with Crippen LogP contribution in [0.1, 0.15) is 16.2 Å². The number of halogens is 2. The van der Waals surface area contributed by atoms with Gasteiger partial charge in [-0.25, -0.2) is 13.9 Å². The minimum Gasteiger partial charge on any atom is -0.422 e. The van der Waals surface area contributed by atoms with Gasteiger partial charge < -0.3 is 4.74 Å². The Kier molecular flexibility index (Phi) is 4.63. The lowest BCUT2D eigenvalue weighted by molar-refractivity contribution is 0.0724. The number of hydrogen-bond donors (Lipinski definition) is 0. The van der Waals surface area contributed by atoms with Gasteiger partial charge in [-0.15, -0.1) is 0 Å². The molecule has 0 aliphatic carbocycles. The van der Waals surface area contributed by atoms with Crippen LogP contribution in [0.25, 0.3) is 5.69 Å². The van der Waals surface area contributed by atoms with Crippen LogP contribution in [0.3, 0.4) is 0 Å². The molecule has 0 atom stereocenters. The molecule has 5 nitrogen and oxygen atoms in total. The average Bonchev–Trinajstić information content (AvgIpc) is 2.56. The molecule has 0 saturated heterocycles. The molecule has 0 saturated carbocycles. The van der Waals surface area contributed by atoms with Gasteiger partial charge in [0.1, 0.15) is 11.6 Å². The number of hydrogen-bond acceptors (Lipinski definition) is 4. The number of rotatable bonds is 3. The summed E-state index contributed by atoms with van der Waals surface area (Å²) < 4.78 is 19.7. The highest BCUT2D eigenvalue weighted by Crippen LogP contribution is 2.15. The fraction of sp³-hybridized carbons (Fsp3) is 0.0556. The molecule has 0 fully saturated rings. The normalized spacial score (nSPS) is 10.5. The maximum absolute atomic E-state index is 13.2. The molecule has 0 aliphatic rings. The Hall–Kier alpha value is -2.99. The van der Waals surface area contributed by atoms with Gasteiger partial charge in [-0.05, 0) is 43.3 Å². The zero-order valence-electron chi connectivity index (χ0n) is 13.1. The number of benzene rings is 2. The largest absolute Gasteiger partial charge is 0.422 e. The van der Waals surface area contributed by atoms with Crippen molar-refractivity contribution in [3.63, 3.8) is 0 Å². The predicted octanol–water partition coefficient (Wildman–Crippen LogP) is 3.55. The van der Waals surface area contributed by atoms with E-state index < -0.39 is 22.9 Å². The van der Waals surface area contributed by atoms with Crippen LogP contribution < -0.4 is 10.2 Å². The Bertz CT molecular complexity index is 1000. The van der Waals surface area contributed by atoms with E-state index in [1.165, 1.54) is 28.9 Å². The Morgan fingerprint density at radius 2 is 1.88 bits per heavy atom. The molecule has 0 spiro atoms. The first-order chi connectivity index (χ1) is 11.9. The Morgan fingerprint density at radius 1 is 1.16 bits per heavy atom. The molecule has 0 bridgehead atoms. The average molecular weight is 359 g/mol. The molecule has 3 aromatic rings. The van der Waals surface area contributed by atoms with Gasteiger partial charge in [-0.2, -0.15) is 5.10 Å². The number of aromatic nitrogens is 2. The van der Waals surface area contributed by atoms with Crippen LogP contribution in [-0.4, -0.2) is 15.7 Å². The highest BCUT2D eigenvalue weighted by atomic mass is 35.5. The number of carbonyl (C=O) groups is 1. The molecular formula is C18H12ClFN2O3. The van der Waals surface area contributed by atoms with Crippen molar-refractivity contribution in [2.75, 3.05) is 0 Å². The van der Waals surface area contributed by atoms with E-state index in [0.717, 1.165) is 6.07 Å². The van der Waals surface area contributed by atoms with Crippen molar-refractivity contribution in [3.8, 4) is 11.4 Å². The zero-order chi connectivity index (χ0) is 18.0. The summed E-state index contributed by atoms with van der Waals surface area (Å²) in [6, 6.07) is 13.1. The van der Waals surface area contributed by atoms with E-state index in [4.69, 9.17) is 16.3 Å². The van der Waals surface area contributed by atoms with Gasteiger partial charge >= 0.3 is 5.97 Å². The first kappa shape index (κ1) is 16.9. The molecule has 0 N–H and O–H groups in total. The molecule has 0 aliphatic heterocycles. The fourth-order valence-electron chi connectivity index (χ4n) is 2.22. The summed E-state index contributed by atoms with van der Waals surface area (Å²) in [4.78, 5) is 24.4. The quantitative estimate of drug-likeness (QED) is 0.530. The number of nitrogens with zero attached hydrogens (tertiary/aromatic N) is 2. The van der Waals surface area contributed by atoms with Crippen LogP contribution >= 0.6 is 11.6 Å². The SMILES string of the molecule is Cc1cc(=O)c(C(=O)Oc2cccc(F)c2)nn1-c1ccc(Cl)cc1. The van der Waals surface area contributed by atoms with Gasteiger partial charge in [-0.1, -0.05) is 17.7 Å². The van der Waals surface area contributed by atoms with Crippen molar-refractivity contribution in [1.29, 1.82) is 0 Å². The van der Waals surface area contributed by atoms with Gasteiger partial charge in [-0.3, -0.25) is 4.79 Å². The van der Waals surface area contributed by atoms with Gasteiger partial charge in [0.15, 0.2) is 0 Å². The smallest absolute Gasteiger partial charge is 0.368 e. The van der Waals surface area contributed by atoms with Crippen molar-refractivity contribution in [1.82, 2.24) is 9.78 Å². The first-order valence-electron chi connectivity index (χ1n) is 7.29. The lowest BCUT2D eigenvalue weighted by atomic mass is 10.3. The van der Waals surface area contributed by atoms with E-state index >= 15 is 0 Å². The van der Waals surface area contributed by atoms with E-state index in [0.29, 0.717) is 16.4 Å². The number of ether oxygens (including phenoxy) is 1. The van der Waals surface area contributed by atoms with E-state index in [-0.39, 0.29) is 5.75 Å². The second-order valence-corrected chi connectivity index (χ2v) is 5.67. The number of aryl methyl sites for hydroxylation is 1. The van der Waals surface area contributed by atoms with Crippen LogP contribution in [0, 0.1) is 12.7 Å². The number of carbonyl (C=O) groups excluding carboxylic acids is 1. The summed E-state index contributed by atoms with van der Waals surface area (Å²) in [7, 11) is 0. The third-order valence-corrected chi connectivity index (χ3v) is 3.63. The van der Waals surface area contributed by atoms with Crippen LogP contribution in [0.4, 0.5) is 4.39 Å². The van der Waals surface area contributed by atoms with Crippen molar-refractivity contribution < 1.29 is 13.9 Å². The molecule has 1 aromatic heterocycles. The van der Waals surface area contributed by atoms with Crippen LogP contribution in [0.5, 0.6) is 5.75 Å². The molecule has 0 unspecified atom stereocenters. The van der Waals surface area contributed by atoms with Gasteiger partial charge in [0, 0.05) is 22.8 Å². The maximum Gasteiger partial charge on any atom is 0.368 e. The summed E-state index contributed by atoms with van der Waals surface area (Å²) in [5.41, 5.74) is 0.185. The maximum atomic E-state index is 13.2. The highest BCUT2D eigenvalue weighted by Gasteiger charge is 2.18. The molecule has 3 rings (SSSR count). The number of esters is 1. The van der Waals surface area contributed by atoms with Crippen molar-refractivity contribution >= 4 is 17.6 Å². The van der Waals surface area contributed by atoms with Gasteiger partial charge in [0.05, 0.1) is 5.69 Å². The van der Waals surface area contributed by atoms with Crippen molar-refractivity contribution in [2.45, 2.75) is 6.92 Å². The standard InChI is InChI=1S/C18H12ClFN2O3/c1-11-9-16(23)17(18(24)25-15-4-2-3-13(20)10-15)21-22(11)14-7-5-12(19)6-8-14/h2-10H,1H3. The predicted molar refractivity (Wildman–Crippen MR) is 90.9 cm³/mol. The minimum atomic E-state index is -0.960. The minimum absolute atomic E-state index is 0.00943. The molecule has 2 aromatic carbocycles. The summed E-state index contributed by atoms with van der Waals surface area (Å²) >= 11 is 5.86. The molecule has 25 heavy (non-hydrogen) atoms. The Morgan fingerprint density at radius 3 is 2.56 bits per heavy atom. The molecule has 0 radical (unpaired) electrons. The third-order valence-electron chi connectivity index (χ3n) is 3.38. The Balaban J connectivity index is 1.98. The molecule has 126 valence electrons. The third kappa shape index (κ3) is 3.75. The van der Waals surface area contributed by atoms with E-state index in [2.05, 4.69) is 5.10 Å². The van der Waals surface area contributed by atoms with Crippen LogP contribution in [0.15, 0.2) is 59.4 Å². The monoisotopic (exact) mass is 358 g/mol. The van der Waals surface area contributed by atoms with Crippen molar-refractivity contribution in [2.24, 2.45) is 0 Å². The highest BCUT2D eigenvalue weighted by molar-refractivity contribution is 6.30. The van der Waals surface area contributed by atoms with E-state index in [1.807, 2.05) is 0 Å². The molecular weight excluding hydrogens is 347 g/mol. The second kappa shape index (κ2) is 6.86. The Labute approximate surface area is 147 Å². The summed E-state index contributed by atoms with van der Waals surface area (Å²) in [5.74, 6) is -1.52. The van der Waals surface area contributed by atoms with Crippen LogP contribution in [0.2, 0.25) is 5.02 Å². The van der Waals surface area contributed by atoms with Crippen molar-refractivity contribution in [3.05, 3.63) is 87.0 Å². The summed E-state index contributed by atoms with van der Waals surface area (Å²) in [6.07, 6.45) is 0. The summed E-state index contributed by atoms with van der Waals surface area (Å²) in [5, 5.41) is 4.63. The summed E-state index contributed by atoms with van der Waals surface area (Å²) in [6.45, 7) is 1.69. The lowest BCUT2D eigenvalue weighted by Crippen LogP contribution is -2.25.